The third kappa shape index (κ3) is 9.66. The normalized spacial score (nSPS) is 12.1. The molecule has 2 aromatic rings. The molecule has 8 nitrogen and oxygen atoms in total. The molecule has 0 heterocycles. The van der Waals surface area contributed by atoms with Crippen LogP contribution in [-0.4, -0.2) is 38.4 Å². The molecule has 8 heteroatoms. The lowest BCUT2D eigenvalue weighted by Gasteiger charge is -2.27. The van der Waals surface area contributed by atoms with Crippen LogP contribution in [0.3, 0.4) is 0 Å². The van der Waals surface area contributed by atoms with E-state index in [1.807, 2.05) is 6.07 Å². The fraction of sp³-hybridized carbons (Fsp3) is 0.485. The van der Waals surface area contributed by atoms with E-state index in [-0.39, 0.29) is 36.7 Å². The Kier molecular flexibility index (Phi) is 11.2. The Labute approximate surface area is 244 Å². The fourth-order valence-corrected chi connectivity index (χ4v) is 3.43. The van der Waals surface area contributed by atoms with Crippen molar-refractivity contribution in [3.05, 3.63) is 59.2 Å². The minimum Gasteiger partial charge on any atom is -0.496 e. The number of benzene rings is 2. The standard InChI is InChI=1S/C33H44O8/c1-11-33(8,9)25-18-23(27(37-10)19-28(25)39-21-41-30(36)32(5,6)7)14-17-26(34)22-12-15-24(16-13-22)38-20-40-29(35)31(2,3)4/h12-19H,11,20-21H2,1-10H3. The number of methoxy groups -OCH3 is 1. The molecule has 0 spiro atoms. The molecule has 0 amide bonds. The fourth-order valence-electron chi connectivity index (χ4n) is 3.43. The molecule has 2 rings (SSSR count). The highest BCUT2D eigenvalue weighted by molar-refractivity contribution is 6.07. The quantitative estimate of drug-likeness (QED) is 0.115. The summed E-state index contributed by atoms with van der Waals surface area (Å²) in [5, 5.41) is 0. The second-order valence-corrected chi connectivity index (χ2v) is 12.4. The van der Waals surface area contributed by atoms with Gasteiger partial charge in [0, 0.05) is 22.8 Å². The summed E-state index contributed by atoms with van der Waals surface area (Å²) in [6.45, 7) is 16.5. The predicted molar refractivity (Wildman–Crippen MR) is 158 cm³/mol. The van der Waals surface area contributed by atoms with E-state index in [2.05, 4.69) is 20.8 Å². The van der Waals surface area contributed by atoms with Crippen molar-refractivity contribution in [3.8, 4) is 17.2 Å². The molecule has 0 unspecified atom stereocenters. The summed E-state index contributed by atoms with van der Waals surface area (Å²) in [6.07, 6.45) is 4.01. The van der Waals surface area contributed by atoms with Crippen LogP contribution in [0.4, 0.5) is 0 Å². The molecule has 0 radical (unpaired) electrons. The van der Waals surface area contributed by atoms with Crippen molar-refractivity contribution in [1.82, 2.24) is 0 Å². The Morgan fingerprint density at radius 2 is 1.29 bits per heavy atom. The maximum Gasteiger partial charge on any atom is 0.314 e. The molecule has 0 saturated carbocycles. The first kappa shape index (κ1) is 33.4. The van der Waals surface area contributed by atoms with E-state index >= 15 is 0 Å². The van der Waals surface area contributed by atoms with Gasteiger partial charge in [0.15, 0.2) is 5.78 Å². The van der Waals surface area contributed by atoms with E-state index < -0.39 is 10.8 Å². The van der Waals surface area contributed by atoms with Gasteiger partial charge in [-0.1, -0.05) is 20.8 Å². The van der Waals surface area contributed by atoms with Gasteiger partial charge in [0.25, 0.3) is 0 Å². The average molecular weight is 569 g/mol. The highest BCUT2D eigenvalue weighted by Gasteiger charge is 2.27. The number of allylic oxidation sites excluding steroid dienone is 1. The number of carbonyl (C=O) groups is 3. The van der Waals surface area contributed by atoms with Crippen molar-refractivity contribution in [1.29, 1.82) is 0 Å². The average Bonchev–Trinajstić information content (AvgIpc) is 2.90. The molecule has 0 bridgehead atoms. The van der Waals surface area contributed by atoms with Gasteiger partial charge in [-0.2, -0.15) is 0 Å². The molecule has 41 heavy (non-hydrogen) atoms. The zero-order valence-electron chi connectivity index (χ0n) is 26.0. The van der Waals surface area contributed by atoms with Crippen molar-refractivity contribution in [2.24, 2.45) is 10.8 Å². The van der Waals surface area contributed by atoms with E-state index in [4.69, 9.17) is 23.7 Å². The number of hydrogen-bond acceptors (Lipinski definition) is 8. The number of carbonyl (C=O) groups excluding carboxylic acids is 3. The van der Waals surface area contributed by atoms with Crippen LogP contribution < -0.4 is 14.2 Å². The van der Waals surface area contributed by atoms with Crippen LogP contribution in [-0.2, 0) is 24.5 Å². The van der Waals surface area contributed by atoms with Crippen molar-refractivity contribution < 1.29 is 38.1 Å². The molecule has 2 aromatic carbocycles. The van der Waals surface area contributed by atoms with E-state index in [1.54, 1.807) is 85.1 Å². The van der Waals surface area contributed by atoms with Gasteiger partial charge in [0.05, 0.1) is 17.9 Å². The molecular weight excluding hydrogens is 524 g/mol. The highest BCUT2D eigenvalue weighted by Crippen LogP contribution is 2.39. The number of rotatable bonds is 12. The third-order valence-corrected chi connectivity index (χ3v) is 6.54. The van der Waals surface area contributed by atoms with Crippen LogP contribution in [0.1, 0.15) is 90.2 Å². The van der Waals surface area contributed by atoms with Gasteiger partial charge in [0.2, 0.25) is 13.6 Å². The summed E-state index contributed by atoms with van der Waals surface area (Å²) >= 11 is 0. The second kappa shape index (κ2) is 13.7. The first-order chi connectivity index (χ1) is 19.0. The minimum absolute atomic E-state index is 0.205. The molecule has 224 valence electrons. The molecular formula is C33H44O8. The van der Waals surface area contributed by atoms with Crippen molar-refractivity contribution in [3.63, 3.8) is 0 Å². The van der Waals surface area contributed by atoms with Gasteiger partial charge in [-0.25, -0.2) is 0 Å². The molecule has 0 atom stereocenters. The zero-order chi connectivity index (χ0) is 31.0. The lowest BCUT2D eigenvalue weighted by Crippen LogP contribution is -2.25. The topological polar surface area (TPSA) is 97.4 Å². The Balaban J connectivity index is 2.20. The Bertz CT molecular complexity index is 1240. The summed E-state index contributed by atoms with van der Waals surface area (Å²) in [4.78, 5) is 36.9. The van der Waals surface area contributed by atoms with Gasteiger partial charge in [-0.05, 0) is 95.9 Å². The third-order valence-electron chi connectivity index (χ3n) is 6.54. The predicted octanol–water partition coefficient (Wildman–Crippen LogP) is 7.13. The van der Waals surface area contributed by atoms with Gasteiger partial charge < -0.3 is 23.7 Å². The Morgan fingerprint density at radius 1 is 0.756 bits per heavy atom. The zero-order valence-corrected chi connectivity index (χ0v) is 26.0. The number of esters is 2. The first-order valence-electron chi connectivity index (χ1n) is 13.6. The molecule has 0 N–H and O–H groups in total. The first-order valence-corrected chi connectivity index (χ1v) is 13.6. The van der Waals surface area contributed by atoms with E-state index in [9.17, 15) is 14.4 Å². The molecule has 0 aliphatic heterocycles. The number of ketones is 1. The molecule has 0 aromatic heterocycles. The Morgan fingerprint density at radius 3 is 1.78 bits per heavy atom. The van der Waals surface area contributed by atoms with Crippen LogP contribution in [0.15, 0.2) is 42.5 Å². The summed E-state index contributed by atoms with van der Waals surface area (Å²) in [7, 11) is 1.54. The summed E-state index contributed by atoms with van der Waals surface area (Å²) in [5.74, 6) is 0.604. The number of ether oxygens (including phenoxy) is 5. The smallest absolute Gasteiger partial charge is 0.314 e. The summed E-state index contributed by atoms with van der Waals surface area (Å²) in [5.41, 5.74) is 0.552. The lowest BCUT2D eigenvalue weighted by molar-refractivity contribution is -0.160. The SMILES string of the molecule is CCC(C)(C)c1cc(C=CC(=O)c2ccc(OCOC(=O)C(C)(C)C)cc2)c(OC)cc1OCOC(=O)C(C)(C)C. The molecule has 0 aliphatic carbocycles. The lowest BCUT2D eigenvalue weighted by atomic mass is 9.80. The van der Waals surface area contributed by atoms with E-state index in [0.717, 1.165) is 12.0 Å². The van der Waals surface area contributed by atoms with Crippen LogP contribution in [0.25, 0.3) is 6.08 Å². The summed E-state index contributed by atoms with van der Waals surface area (Å²) < 4.78 is 27.4. The van der Waals surface area contributed by atoms with E-state index in [1.165, 1.54) is 6.08 Å². The molecule has 0 aliphatic rings. The largest absolute Gasteiger partial charge is 0.496 e. The van der Waals surface area contributed by atoms with Crippen LogP contribution >= 0.6 is 0 Å². The van der Waals surface area contributed by atoms with Crippen LogP contribution in [0.5, 0.6) is 17.2 Å². The van der Waals surface area contributed by atoms with Crippen molar-refractivity contribution >= 4 is 23.8 Å². The minimum atomic E-state index is -0.637. The summed E-state index contributed by atoms with van der Waals surface area (Å²) in [6, 6.07) is 10.3. The van der Waals surface area contributed by atoms with Gasteiger partial charge >= 0.3 is 11.9 Å². The monoisotopic (exact) mass is 568 g/mol. The van der Waals surface area contributed by atoms with E-state index in [0.29, 0.717) is 28.4 Å². The molecule has 0 fully saturated rings. The number of hydrogen-bond donors (Lipinski definition) is 0. The van der Waals surface area contributed by atoms with Gasteiger partial charge in [-0.15, -0.1) is 0 Å². The van der Waals surface area contributed by atoms with Gasteiger partial charge in [0.1, 0.15) is 17.2 Å². The van der Waals surface area contributed by atoms with Crippen LogP contribution in [0, 0.1) is 10.8 Å². The molecule has 0 saturated heterocycles. The van der Waals surface area contributed by atoms with Gasteiger partial charge in [-0.3, -0.25) is 14.4 Å². The second-order valence-electron chi connectivity index (χ2n) is 12.4. The Hall–Kier alpha value is -3.81. The van der Waals surface area contributed by atoms with Crippen LogP contribution in [0.2, 0.25) is 0 Å². The van der Waals surface area contributed by atoms with Crippen molar-refractivity contribution in [2.45, 2.75) is 74.1 Å². The van der Waals surface area contributed by atoms with Crippen molar-refractivity contribution in [2.75, 3.05) is 20.7 Å². The maximum absolute atomic E-state index is 12.9. The highest BCUT2D eigenvalue weighted by atomic mass is 16.7. The maximum atomic E-state index is 12.9.